The van der Waals surface area contributed by atoms with E-state index >= 15 is 0 Å². The molecule has 0 saturated carbocycles. The summed E-state index contributed by atoms with van der Waals surface area (Å²) < 4.78 is 11.1. The van der Waals surface area contributed by atoms with Crippen LogP contribution in [0.4, 0.5) is 10.5 Å². The van der Waals surface area contributed by atoms with Crippen molar-refractivity contribution in [2.75, 3.05) is 11.9 Å². The number of ether oxygens (including phenoxy) is 2. The first-order valence-electron chi connectivity index (χ1n) is 12.1. The van der Waals surface area contributed by atoms with E-state index in [9.17, 15) is 14.7 Å². The molecule has 3 rings (SSSR count). The summed E-state index contributed by atoms with van der Waals surface area (Å²) in [6.45, 7) is 5.71. The Bertz CT molecular complexity index is 1170. The number of nitrogens with two attached hydrogens (primary N) is 1. The van der Waals surface area contributed by atoms with E-state index in [-0.39, 0.29) is 18.3 Å². The van der Waals surface area contributed by atoms with Crippen LogP contribution in [-0.2, 0) is 16.0 Å². The van der Waals surface area contributed by atoms with Gasteiger partial charge in [0.1, 0.15) is 17.6 Å². The van der Waals surface area contributed by atoms with Gasteiger partial charge in [-0.2, -0.15) is 0 Å². The van der Waals surface area contributed by atoms with Gasteiger partial charge in [0, 0.05) is 23.2 Å². The number of phenolic OH excluding ortho intramolecular Hbond substituents is 1. The van der Waals surface area contributed by atoms with Gasteiger partial charge < -0.3 is 25.6 Å². The van der Waals surface area contributed by atoms with Crippen LogP contribution in [0.1, 0.15) is 60.1 Å². The quantitative estimate of drug-likeness (QED) is 0.308. The number of para-hydroxylation sites is 1. The zero-order valence-corrected chi connectivity index (χ0v) is 21.0. The van der Waals surface area contributed by atoms with Crippen molar-refractivity contribution in [3.63, 3.8) is 0 Å². The lowest BCUT2D eigenvalue weighted by molar-refractivity contribution is -0.118. The lowest BCUT2D eigenvalue weighted by atomic mass is 9.95. The van der Waals surface area contributed by atoms with Crippen LogP contribution in [0.3, 0.4) is 0 Å². The molecule has 0 fully saturated rings. The minimum Gasteiger partial charge on any atom is -0.507 e. The molecule has 4 N–H and O–H groups in total. The van der Waals surface area contributed by atoms with E-state index in [0.29, 0.717) is 35.4 Å². The fourth-order valence-electron chi connectivity index (χ4n) is 4.17. The van der Waals surface area contributed by atoms with E-state index < -0.39 is 12.2 Å². The standard InChI is InChI=1S/C29H34N2O5/c1-4-5-14-25(36-29(30)34)22-15-16-24(23(27(22)33)17-21-12-7-6-8-13-21)31-26(32)18-35-28-19(2)10-9-11-20(28)3/h6-13,15-16,25,33H,4-5,14,17-18H2,1-3H3,(H2,30,34)(H,31,32). The second-order valence-electron chi connectivity index (χ2n) is 8.82. The highest BCUT2D eigenvalue weighted by atomic mass is 16.6. The number of phenols is 1. The van der Waals surface area contributed by atoms with Gasteiger partial charge in [0.2, 0.25) is 0 Å². The first kappa shape index (κ1) is 26.6. The number of carbonyl (C=O) groups excluding carboxylic acids is 2. The molecule has 190 valence electrons. The number of nitrogens with one attached hydrogen (secondary N) is 1. The molecule has 0 radical (unpaired) electrons. The lowest BCUT2D eigenvalue weighted by Crippen LogP contribution is -2.22. The smallest absolute Gasteiger partial charge is 0.405 e. The monoisotopic (exact) mass is 490 g/mol. The van der Waals surface area contributed by atoms with E-state index in [4.69, 9.17) is 15.2 Å². The summed E-state index contributed by atoms with van der Waals surface area (Å²) in [5.74, 6) is 0.294. The highest BCUT2D eigenvalue weighted by Gasteiger charge is 2.23. The maximum atomic E-state index is 12.8. The maximum Gasteiger partial charge on any atom is 0.405 e. The van der Waals surface area contributed by atoms with Crippen molar-refractivity contribution in [2.24, 2.45) is 5.73 Å². The van der Waals surface area contributed by atoms with Crippen LogP contribution >= 0.6 is 0 Å². The predicted molar refractivity (Wildman–Crippen MR) is 140 cm³/mol. The number of unbranched alkanes of at least 4 members (excludes halogenated alkanes) is 1. The van der Waals surface area contributed by atoms with Gasteiger partial charge in [-0.25, -0.2) is 4.79 Å². The Morgan fingerprint density at radius 1 is 1.00 bits per heavy atom. The summed E-state index contributed by atoms with van der Waals surface area (Å²) in [7, 11) is 0. The van der Waals surface area contributed by atoms with Gasteiger partial charge >= 0.3 is 6.09 Å². The van der Waals surface area contributed by atoms with Crippen molar-refractivity contribution in [1.29, 1.82) is 0 Å². The summed E-state index contributed by atoms with van der Waals surface area (Å²) in [6.07, 6.45) is 0.984. The third-order valence-electron chi connectivity index (χ3n) is 5.99. The zero-order chi connectivity index (χ0) is 26.1. The maximum absolute atomic E-state index is 12.8. The van der Waals surface area contributed by atoms with Crippen molar-refractivity contribution in [2.45, 2.75) is 52.6 Å². The Morgan fingerprint density at radius 2 is 1.69 bits per heavy atom. The van der Waals surface area contributed by atoms with Crippen LogP contribution in [-0.4, -0.2) is 23.7 Å². The third kappa shape index (κ3) is 7.01. The Balaban J connectivity index is 1.90. The van der Waals surface area contributed by atoms with Crippen LogP contribution in [0.5, 0.6) is 11.5 Å². The second-order valence-corrected chi connectivity index (χ2v) is 8.82. The fourth-order valence-corrected chi connectivity index (χ4v) is 4.17. The average Bonchev–Trinajstić information content (AvgIpc) is 2.84. The number of anilines is 1. The van der Waals surface area contributed by atoms with E-state index in [1.807, 2.05) is 69.3 Å². The number of hydrogen-bond acceptors (Lipinski definition) is 5. The Hall–Kier alpha value is -4.00. The third-order valence-corrected chi connectivity index (χ3v) is 5.99. The molecule has 1 atom stereocenters. The van der Waals surface area contributed by atoms with Crippen LogP contribution in [0, 0.1) is 13.8 Å². The molecule has 3 aromatic rings. The van der Waals surface area contributed by atoms with E-state index in [2.05, 4.69) is 5.32 Å². The van der Waals surface area contributed by atoms with Crippen molar-refractivity contribution in [3.05, 3.63) is 88.5 Å². The average molecular weight is 491 g/mol. The molecule has 36 heavy (non-hydrogen) atoms. The summed E-state index contributed by atoms with van der Waals surface area (Å²) >= 11 is 0. The number of aromatic hydroxyl groups is 1. The Labute approximate surface area is 212 Å². The molecule has 3 aromatic carbocycles. The van der Waals surface area contributed by atoms with Crippen LogP contribution in [0.15, 0.2) is 60.7 Å². The number of carbonyl (C=O) groups is 2. The Kier molecular flexibility index (Phi) is 9.33. The van der Waals surface area contributed by atoms with Crippen molar-refractivity contribution in [3.8, 4) is 11.5 Å². The molecule has 7 nitrogen and oxygen atoms in total. The molecule has 0 saturated heterocycles. The second kappa shape index (κ2) is 12.6. The van der Waals surface area contributed by atoms with Crippen molar-refractivity contribution < 1.29 is 24.2 Å². The van der Waals surface area contributed by atoms with Gasteiger partial charge in [-0.15, -0.1) is 0 Å². The highest BCUT2D eigenvalue weighted by molar-refractivity contribution is 5.93. The minimum atomic E-state index is -0.902. The number of aryl methyl sites for hydroxylation is 2. The van der Waals surface area contributed by atoms with E-state index in [0.717, 1.165) is 29.5 Å². The summed E-state index contributed by atoms with van der Waals surface area (Å²) in [5, 5.41) is 14.2. The highest BCUT2D eigenvalue weighted by Crippen LogP contribution is 2.38. The van der Waals surface area contributed by atoms with Gasteiger partial charge in [0.05, 0.1) is 0 Å². The summed E-state index contributed by atoms with van der Waals surface area (Å²) in [6, 6.07) is 18.8. The van der Waals surface area contributed by atoms with Crippen LogP contribution in [0.25, 0.3) is 0 Å². The molecule has 2 amide bonds. The molecule has 7 heteroatoms. The van der Waals surface area contributed by atoms with Gasteiger partial charge in [0.15, 0.2) is 6.61 Å². The van der Waals surface area contributed by atoms with Gasteiger partial charge in [-0.05, 0) is 55.5 Å². The van der Waals surface area contributed by atoms with Crippen molar-refractivity contribution in [1.82, 2.24) is 0 Å². The number of primary amides is 1. The summed E-state index contributed by atoms with van der Waals surface area (Å²) in [4.78, 5) is 24.4. The summed E-state index contributed by atoms with van der Waals surface area (Å²) in [5.41, 5.74) is 9.58. The number of hydrogen-bond donors (Lipinski definition) is 3. The SMILES string of the molecule is CCCCC(OC(N)=O)c1ccc(NC(=O)COc2c(C)cccc2C)c(Cc2ccccc2)c1O. The molecule has 0 bridgehead atoms. The number of rotatable bonds is 11. The van der Waals surface area contributed by atoms with Gasteiger partial charge in [-0.3, -0.25) is 4.79 Å². The molecule has 0 heterocycles. The topological polar surface area (TPSA) is 111 Å². The number of amides is 2. The predicted octanol–water partition coefficient (Wildman–Crippen LogP) is 5.94. The van der Waals surface area contributed by atoms with Gasteiger partial charge in [0.25, 0.3) is 5.91 Å². The van der Waals surface area contributed by atoms with E-state index in [1.54, 1.807) is 12.1 Å². The molecule has 0 aliphatic carbocycles. The molecule has 0 aromatic heterocycles. The molecule has 0 aliphatic rings. The van der Waals surface area contributed by atoms with Crippen LogP contribution in [0.2, 0.25) is 0 Å². The lowest BCUT2D eigenvalue weighted by Gasteiger charge is -2.22. The largest absolute Gasteiger partial charge is 0.507 e. The van der Waals surface area contributed by atoms with Gasteiger partial charge in [-0.1, -0.05) is 61.9 Å². The normalized spacial score (nSPS) is 11.5. The fraction of sp³-hybridized carbons (Fsp3) is 0.310. The molecular weight excluding hydrogens is 456 g/mol. The first-order valence-corrected chi connectivity index (χ1v) is 12.1. The van der Waals surface area contributed by atoms with Crippen molar-refractivity contribution >= 4 is 17.7 Å². The molecule has 0 spiro atoms. The molecular formula is C29H34N2O5. The zero-order valence-electron chi connectivity index (χ0n) is 21.0. The van der Waals surface area contributed by atoms with E-state index in [1.165, 1.54) is 0 Å². The Morgan fingerprint density at radius 3 is 2.33 bits per heavy atom. The molecule has 1 unspecified atom stereocenters. The first-order chi connectivity index (χ1) is 17.3. The number of benzene rings is 3. The molecule has 0 aliphatic heterocycles. The minimum absolute atomic E-state index is 0.0327. The van der Waals surface area contributed by atoms with Crippen LogP contribution < -0.4 is 15.8 Å².